The summed E-state index contributed by atoms with van der Waals surface area (Å²) in [6.45, 7) is 0. The van der Waals surface area contributed by atoms with Crippen LogP contribution < -0.4 is 37.3 Å². The number of rotatable bonds is 0. The topological polar surface area (TPSA) is 548 Å². The number of hydrogen-bond acceptors (Lipinski definition) is 26. The van der Waals surface area contributed by atoms with Crippen LogP contribution in [-0.4, -0.2) is 167 Å². The zero-order chi connectivity index (χ0) is 45.6. The van der Waals surface area contributed by atoms with Crippen molar-refractivity contribution in [3.8, 4) is 0 Å². The second-order valence-electron chi connectivity index (χ2n) is 10.4. The maximum absolute atomic E-state index is 8.49. The van der Waals surface area contributed by atoms with Gasteiger partial charge in [0.15, 0.2) is 0 Å². The zero-order valence-corrected chi connectivity index (χ0v) is 46.4. The number of nitrogens with zero attached hydrogens (tertiary/aromatic N) is 18. The molecule has 69 heavy (non-hydrogen) atoms. The van der Waals surface area contributed by atoms with Crippen molar-refractivity contribution in [1.82, 2.24) is 77.7 Å². The molecule has 0 aliphatic heterocycles. The predicted molar refractivity (Wildman–Crippen MR) is 225 cm³/mol. The molecule has 12 N–H and O–H groups in total. The zero-order valence-electron chi connectivity index (χ0n) is 33.6. The van der Waals surface area contributed by atoms with Gasteiger partial charge in [-0.25, -0.2) is 37.3 Å². The molecule has 12 aromatic heterocycles. The van der Waals surface area contributed by atoms with Gasteiger partial charge in [0.1, 0.15) is 0 Å². The van der Waals surface area contributed by atoms with E-state index in [0.29, 0.717) is 0 Å². The molecule has 0 bridgehead atoms. The average molecular weight is 1440 g/mol. The Morgan fingerprint density at radius 3 is 0.507 bits per heavy atom. The monoisotopic (exact) mass is 1440 g/mol. The van der Waals surface area contributed by atoms with Gasteiger partial charge in [0, 0.05) is 0 Å². The molecular formula is C30H30Cl2CoN18O12Se6+4. The van der Waals surface area contributed by atoms with E-state index in [1.165, 1.54) is 0 Å². The first kappa shape index (κ1) is 65.2. The number of aromatic nitrogens is 18. The fraction of sp³-hybridized carbons (Fsp3) is 0. The van der Waals surface area contributed by atoms with Crippen molar-refractivity contribution in [2.45, 2.75) is 0 Å². The van der Waals surface area contributed by atoms with Crippen LogP contribution in [0.2, 0.25) is 0 Å². The Bertz CT molecular complexity index is 2470. The van der Waals surface area contributed by atoms with Crippen molar-refractivity contribution in [2.24, 2.45) is 0 Å². The number of fused-ring (bicyclic) bond motifs is 6. The van der Waals surface area contributed by atoms with Gasteiger partial charge in [-0.15, -0.1) is 20.5 Å². The number of pyridine rings is 6. The summed E-state index contributed by atoms with van der Waals surface area (Å²) in [6.07, 6.45) is 10.4. The van der Waals surface area contributed by atoms with Crippen LogP contribution in [0, 0.1) is 20.5 Å². The van der Waals surface area contributed by atoms with Gasteiger partial charge in [0.2, 0.25) is 0 Å². The second-order valence-corrected chi connectivity index (χ2v) is 18.6. The SMILES string of the molecule is [Co+2].[O-][Cl+3]([O-])([O-])[O-].[O-][Cl+3]([O-])([O-])[O-].[OH3+].[OH3+].[OH3+].[OH3+].c1cnc2n[se]nc2c1.c1cnc2n[se]nc2c1.c1cnc2n[se]nc2c1.c1cnc2n[se]nc2c1.c1cnc2n[se]nc2c1.c1cnc2n[se]nc2c1. The molecule has 0 saturated heterocycles. The van der Waals surface area contributed by atoms with Gasteiger partial charge in [-0.2, -0.15) is 0 Å². The van der Waals surface area contributed by atoms with Gasteiger partial charge in [-0.1, -0.05) is 0 Å². The van der Waals surface area contributed by atoms with Crippen molar-refractivity contribution in [3.63, 3.8) is 0 Å². The van der Waals surface area contributed by atoms with Crippen LogP contribution >= 0.6 is 0 Å². The molecule has 0 aromatic carbocycles. The van der Waals surface area contributed by atoms with Crippen LogP contribution in [0.5, 0.6) is 0 Å². The van der Waals surface area contributed by atoms with E-state index in [1.807, 2.05) is 72.8 Å². The first-order valence-corrected chi connectivity index (χ1v) is 27.9. The molecule has 0 spiro atoms. The third-order valence-corrected chi connectivity index (χ3v) is 12.9. The first-order chi connectivity index (χ1) is 30.8. The predicted octanol–water partition coefficient (Wildman–Crippen LogP) is -12.7. The van der Waals surface area contributed by atoms with Gasteiger partial charge < -0.3 is 21.9 Å². The Kier molecular flexibility index (Phi) is 32.6. The molecule has 12 heterocycles. The summed E-state index contributed by atoms with van der Waals surface area (Å²) in [6, 6.07) is 22.8. The summed E-state index contributed by atoms with van der Waals surface area (Å²) < 4.78 is 117. The van der Waals surface area contributed by atoms with E-state index in [9.17, 15) is 0 Å². The molecule has 0 amide bonds. The van der Waals surface area contributed by atoms with Crippen LogP contribution in [0.25, 0.3) is 67.0 Å². The summed E-state index contributed by atoms with van der Waals surface area (Å²) in [7, 11) is -9.89. The van der Waals surface area contributed by atoms with Gasteiger partial charge >= 0.3 is 361 Å². The average Bonchev–Trinajstić information content (AvgIpc) is 4.15. The molecule has 0 aliphatic rings. The molecule has 12 rings (SSSR count). The molecule has 0 saturated carbocycles. The molecule has 0 fully saturated rings. The van der Waals surface area contributed by atoms with Gasteiger partial charge in [-0.05, 0) is 0 Å². The Hall–Kier alpha value is -3.78. The Balaban J connectivity index is 0.000000765. The van der Waals surface area contributed by atoms with E-state index in [4.69, 9.17) is 37.3 Å². The summed E-state index contributed by atoms with van der Waals surface area (Å²) in [5.41, 5.74) is 10.5. The van der Waals surface area contributed by atoms with Gasteiger partial charge in [0.05, 0.1) is 0 Å². The third-order valence-electron chi connectivity index (χ3n) is 6.20. The molecule has 30 nitrogen and oxygen atoms in total. The van der Waals surface area contributed by atoms with Crippen LogP contribution in [0.15, 0.2) is 110 Å². The normalized spacial score (nSPS) is 9.74. The number of hydrogen-bond donors (Lipinski definition) is 0. The van der Waals surface area contributed by atoms with Crippen molar-refractivity contribution < 1.29 is 96.4 Å². The molecular weight excluding hydrogens is 1410 g/mol. The fourth-order valence-corrected chi connectivity index (χ4v) is 9.96. The molecule has 0 unspecified atom stereocenters. The van der Waals surface area contributed by atoms with Gasteiger partial charge in [0.25, 0.3) is 0 Å². The van der Waals surface area contributed by atoms with E-state index in [2.05, 4.69) is 77.7 Å². The summed E-state index contributed by atoms with van der Waals surface area (Å²) >= 11 is 0.397. The van der Waals surface area contributed by atoms with E-state index >= 15 is 0 Å². The minimum atomic E-state index is -4.94. The standard InChI is InChI=1S/6C5H3N3Se.2ClHO4.Co.4H2O/c6*1-2-4-5(6-3-1)8-9-7-4;2*2-1(3,4)5;;;;;/h6*1-3H;2*(H,2,3,4,5);;4*1H2/q;;;;;;;;+2;;;;/p+2. The maximum atomic E-state index is 8.49. The Labute approximate surface area is 437 Å². The second kappa shape index (κ2) is 34.5. The molecule has 39 heteroatoms. The van der Waals surface area contributed by atoms with E-state index in [1.54, 1.807) is 37.2 Å². The molecule has 12 aromatic rings. The molecule has 0 atom stereocenters. The third kappa shape index (κ3) is 25.8. The quantitative estimate of drug-likeness (QED) is 0.100. The van der Waals surface area contributed by atoms with Crippen molar-refractivity contribution in [2.75, 3.05) is 0 Å². The van der Waals surface area contributed by atoms with Gasteiger partial charge in [-0.3, -0.25) is 0 Å². The number of halogens is 2. The van der Waals surface area contributed by atoms with Crippen LogP contribution in [0.3, 0.4) is 0 Å². The molecule has 367 valence electrons. The van der Waals surface area contributed by atoms with Crippen LogP contribution in [0.1, 0.15) is 0 Å². The van der Waals surface area contributed by atoms with Crippen molar-refractivity contribution in [1.29, 1.82) is 0 Å². The van der Waals surface area contributed by atoms with E-state index in [0.717, 1.165) is 67.0 Å². The Morgan fingerprint density at radius 1 is 0.261 bits per heavy atom. The Morgan fingerprint density at radius 2 is 0.391 bits per heavy atom. The van der Waals surface area contributed by atoms with Crippen molar-refractivity contribution >= 4 is 157 Å². The van der Waals surface area contributed by atoms with Crippen LogP contribution in [-0.2, 0) is 38.7 Å². The minimum absolute atomic E-state index is 0. The summed E-state index contributed by atoms with van der Waals surface area (Å²) in [4.78, 5) is 24.1. The summed E-state index contributed by atoms with van der Waals surface area (Å²) in [5.74, 6) is 0. The van der Waals surface area contributed by atoms with Crippen LogP contribution in [0.4, 0.5) is 0 Å². The first-order valence-electron chi connectivity index (χ1n) is 16.2. The van der Waals surface area contributed by atoms with Crippen molar-refractivity contribution in [3.05, 3.63) is 110 Å². The molecule has 1 radical (unpaired) electrons. The summed E-state index contributed by atoms with van der Waals surface area (Å²) in [5, 5.41) is 0. The molecule has 0 aliphatic carbocycles. The fourth-order valence-electron chi connectivity index (χ4n) is 3.80. The van der Waals surface area contributed by atoms with E-state index in [-0.39, 0.29) is 128 Å². The van der Waals surface area contributed by atoms with E-state index < -0.39 is 20.5 Å².